The molecule has 0 saturated heterocycles. The first-order valence-corrected chi connectivity index (χ1v) is 8.17. The molecule has 1 aliphatic rings. The van der Waals surface area contributed by atoms with Crippen molar-refractivity contribution in [3.05, 3.63) is 41.4 Å². The van der Waals surface area contributed by atoms with Gasteiger partial charge in [0, 0.05) is 6.07 Å². The van der Waals surface area contributed by atoms with E-state index in [1.54, 1.807) is 17.0 Å². The number of anilines is 2. The normalized spacial score (nSPS) is 15.8. The monoisotopic (exact) mass is 362 g/mol. The highest BCUT2D eigenvalue weighted by molar-refractivity contribution is 6.32. The molecule has 6 nitrogen and oxygen atoms in total. The number of amides is 2. The Labute approximate surface area is 151 Å². The molecule has 0 unspecified atom stereocenters. The fourth-order valence-electron chi connectivity index (χ4n) is 2.72. The zero-order chi connectivity index (χ0) is 18.0. The highest BCUT2D eigenvalue weighted by Gasteiger charge is 2.28. The van der Waals surface area contributed by atoms with Crippen LogP contribution in [0.15, 0.2) is 36.4 Å². The highest BCUT2D eigenvalue weighted by Crippen LogP contribution is 2.37. The number of nitrogens with zero attached hydrogens (tertiary/aromatic N) is 1. The van der Waals surface area contributed by atoms with Crippen molar-refractivity contribution in [1.29, 1.82) is 0 Å². The molecule has 7 heteroatoms. The Kier molecular flexibility index (Phi) is 4.90. The van der Waals surface area contributed by atoms with Crippen LogP contribution in [0.3, 0.4) is 0 Å². The van der Waals surface area contributed by atoms with Gasteiger partial charge in [0.1, 0.15) is 23.4 Å². The van der Waals surface area contributed by atoms with Gasteiger partial charge < -0.3 is 19.5 Å². The van der Waals surface area contributed by atoms with Crippen LogP contribution in [-0.4, -0.2) is 32.9 Å². The average molecular weight is 363 g/mol. The van der Waals surface area contributed by atoms with Gasteiger partial charge in [-0.15, -0.1) is 0 Å². The summed E-state index contributed by atoms with van der Waals surface area (Å²) in [5.74, 6) is 1.61. The topological polar surface area (TPSA) is 60.0 Å². The molecular formula is C18H19ClN2O4. The van der Waals surface area contributed by atoms with Crippen LogP contribution < -0.4 is 24.4 Å². The first-order chi connectivity index (χ1) is 12.0. The van der Waals surface area contributed by atoms with Crippen molar-refractivity contribution in [1.82, 2.24) is 0 Å². The summed E-state index contributed by atoms with van der Waals surface area (Å²) in [7, 11) is 3.04. The molecular weight excluding hydrogens is 344 g/mol. The molecule has 0 saturated carbocycles. The molecule has 132 valence electrons. The molecule has 0 bridgehead atoms. The molecule has 0 aromatic heterocycles. The molecule has 1 atom stereocenters. The van der Waals surface area contributed by atoms with Crippen LogP contribution in [-0.2, 0) is 0 Å². The Hall–Kier alpha value is -2.60. The second kappa shape index (κ2) is 7.11. The fourth-order valence-corrected chi connectivity index (χ4v) is 2.96. The molecule has 0 fully saturated rings. The van der Waals surface area contributed by atoms with E-state index in [4.69, 9.17) is 25.8 Å². The Morgan fingerprint density at radius 3 is 2.68 bits per heavy atom. The van der Waals surface area contributed by atoms with Gasteiger partial charge in [0.15, 0.2) is 0 Å². The number of rotatable bonds is 3. The Bertz CT molecular complexity index is 797. The number of nitrogens with one attached hydrogen (secondary N) is 1. The number of halogens is 1. The third-order valence-corrected chi connectivity index (χ3v) is 4.18. The summed E-state index contributed by atoms with van der Waals surface area (Å²) < 4.78 is 16.3. The minimum absolute atomic E-state index is 0.109. The van der Waals surface area contributed by atoms with Crippen molar-refractivity contribution in [2.45, 2.75) is 13.0 Å². The number of urea groups is 1. The van der Waals surface area contributed by atoms with Crippen LogP contribution >= 0.6 is 11.6 Å². The van der Waals surface area contributed by atoms with Gasteiger partial charge in [-0.3, -0.25) is 4.90 Å². The van der Waals surface area contributed by atoms with Crippen LogP contribution in [0.4, 0.5) is 16.2 Å². The lowest BCUT2D eigenvalue weighted by Gasteiger charge is -2.33. The van der Waals surface area contributed by atoms with Crippen molar-refractivity contribution in [3.8, 4) is 17.2 Å². The quantitative estimate of drug-likeness (QED) is 0.889. The Balaban J connectivity index is 1.89. The molecule has 3 rings (SSSR count). The van der Waals surface area contributed by atoms with Crippen molar-refractivity contribution in [2.24, 2.45) is 0 Å². The zero-order valence-corrected chi connectivity index (χ0v) is 15.0. The number of methoxy groups -OCH3 is 2. The number of carbonyl (C=O) groups excluding carboxylic acids is 1. The van der Waals surface area contributed by atoms with E-state index in [1.807, 2.05) is 31.2 Å². The zero-order valence-electron chi connectivity index (χ0n) is 14.2. The summed E-state index contributed by atoms with van der Waals surface area (Å²) >= 11 is 6.17. The summed E-state index contributed by atoms with van der Waals surface area (Å²) in [5, 5.41) is 3.23. The van der Waals surface area contributed by atoms with E-state index in [2.05, 4.69) is 5.32 Å². The predicted octanol–water partition coefficient (Wildman–Crippen LogP) is 4.18. The molecule has 2 aromatic rings. The van der Waals surface area contributed by atoms with E-state index in [-0.39, 0.29) is 12.1 Å². The van der Waals surface area contributed by atoms with Gasteiger partial charge in [-0.05, 0) is 25.1 Å². The standard InChI is InChI=1S/C18H19ClN2O4/c1-11-10-21(14-6-4-5-7-15(14)25-11)18(22)20-13-8-12(19)16(23-2)9-17(13)24-3/h4-9,11H,10H2,1-3H3,(H,20,22)/t11-/m0/s1. The van der Waals surface area contributed by atoms with Crippen molar-refractivity contribution >= 4 is 29.0 Å². The van der Waals surface area contributed by atoms with Gasteiger partial charge >= 0.3 is 6.03 Å². The first kappa shape index (κ1) is 17.2. The minimum atomic E-state index is -0.290. The number of ether oxygens (including phenoxy) is 3. The first-order valence-electron chi connectivity index (χ1n) is 7.79. The van der Waals surface area contributed by atoms with Gasteiger partial charge in [0.05, 0.1) is 37.2 Å². The second-order valence-electron chi connectivity index (χ2n) is 5.62. The maximum Gasteiger partial charge on any atom is 0.326 e. The lowest BCUT2D eigenvalue weighted by Crippen LogP contribution is -2.44. The van der Waals surface area contributed by atoms with Crippen LogP contribution in [0.5, 0.6) is 17.2 Å². The van der Waals surface area contributed by atoms with E-state index in [9.17, 15) is 4.79 Å². The Morgan fingerprint density at radius 1 is 1.24 bits per heavy atom. The van der Waals surface area contributed by atoms with Crippen LogP contribution in [0.2, 0.25) is 5.02 Å². The van der Waals surface area contributed by atoms with E-state index in [1.165, 1.54) is 14.2 Å². The molecule has 1 heterocycles. The minimum Gasteiger partial charge on any atom is -0.495 e. The van der Waals surface area contributed by atoms with Crippen molar-refractivity contribution < 1.29 is 19.0 Å². The molecule has 2 aromatic carbocycles. The summed E-state index contributed by atoms with van der Waals surface area (Å²) in [5.41, 5.74) is 1.19. The van der Waals surface area contributed by atoms with Crippen molar-refractivity contribution in [3.63, 3.8) is 0 Å². The van der Waals surface area contributed by atoms with Gasteiger partial charge in [-0.25, -0.2) is 4.79 Å². The van der Waals surface area contributed by atoms with Crippen LogP contribution in [0.1, 0.15) is 6.92 Å². The predicted molar refractivity (Wildman–Crippen MR) is 97.5 cm³/mol. The summed E-state index contributed by atoms with van der Waals surface area (Å²) in [6.07, 6.45) is -0.109. The maximum atomic E-state index is 12.8. The molecule has 0 aliphatic carbocycles. The molecule has 0 radical (unpaired) electrons. The van der Waals surface area contributed by atoms with Gasteiger partial charge in [0.2, 0.25) is 0 Å². The SMILES string of the molecule is COc1cc(OC)c(NC(=O)N2C[C@H](C)Oc3ccccc32)cc1Cl. The van der Waals surface area contributed by atoms with Crippen LogP contribution in [0, 0.1) is 0 Å². The number of hydrogen-bond acceptors (Lipinski definition) is 4. The molecule has 0 spiro atoms. The van der Waals surface area contributed by atoms with E-state index < -0.39 is 0 Å². The van der Waals surface area contributed by atoms with Gasteiger partial charge in [-0.1, -0.05) is 23.7 Å². The summed E-state index contributed by atoms with van der Waals surface area (Å²) in [6.45, 7) is 2.36. The number of benzene rings is 2. The van der Waals surface area contributed by atoms with E-state index in [0.717, 1.165) is 5.69 Å². The molecule has 2 amide bonds. The number of fused-ring (bicyclic) bond motifs is 1. The molecule has 1 N–H and O–H groups in total. The second-order valence-corrected chi connectivity index (χ2v) is 6.03. The van der Waals surface area contributed by atoms with Crippen molar-refractivity contribution in [2.75, 3.05) is 31.0 Å². The lowest BCUT2D eigenvalue weighted by molar-refractivity contribution is 0.208. The van der Waals surface area contributed by atoms with Gasteiger partial charge in [-0.2, -0.15) is 0 Å². The third kappa shape index (κ3) is 3.44. The maximum absolute atomic E-state index is 12.8. The third-order valence-electron chi connectivity index (χ3n) is 3.88. The summed E-state index contributed by atoms with van der Waals surface area (Å²) in [4.78, 5) is 14.5. The smallest absolute Gasteiger partial charge is 0.326 e. The van der Waals surface area contributed by atoms with Gasteiger partial charge in [0.25, 0.3) is 0 Å². The Morgan fingerprint density at radius 2 is 1.96 bits per heavy atom. The lowest BCUT2D eigenvalue weighted by atomic mass is 10.2. The average Bonchev–Trinajstić information content (AvgIpc) is 2.61. The number of hydrogen-bond donors (Lipinski definition) is 1. The van der Waals surface area contributed by atoms with Crippen LogP contribution in [0.25, 0.3) is 0 Å². The fraction of sp³-hybridized carbons (Fsp3) is 0.278. The largest absolute Gasteiger partial charge is 0.495 e. The highest BCUT2D eigenvalue weighted by atomic mass is 35.5. The van der Waals surface area contributed by atoms with E-state index >= 15 is 0 Å². The number of para-hydroxylation sites is 2. The summed E-state index contributed by atoms with van der Waals surface area (Å²) in [6, 6.07) is 10.4. The molecule has 1 aliphatic heterocycles. The number of carbonyl (C=O) groups is 1. The molecule has 25 heavy (non-hydrogen) atoms. The van der Waals surface area contributed by atoms with E-state index in [0.29, 0.717) is 34.5 Å².